The predicted octanol–water partition coefficient (Wildman–Crippen LogP) is 3.29. The number of nitro groups is 1. The van der Waals surface area contributed by atoms with E-state index in [1.807, 2.05) is 19.1 Å². The molecule has 2 rings (SSSR count). The van der Waals surface area contributed by atoms with Gasteiger partial charge in [-0.1, -0.05) is 19.1 Å². The van der Waals surface area contributed by atoms with Gasteiger partial charge in [-0.2, -0.15) is 0 Å². The number of anilines is 1. The van der Waals surface area contributed by atoms with Crippen LogP contribution in [-0.4, -0.2) is 23.1 Å². The van der Waals surface area contributed by atoms with Crippen LogP contribution in [0, 0.1) is 10.1 Å². The zero-order valence-corrected chi connectivity index (χ0v) is 14.6. The summed E-state index contributed by atoms with van der Waals surface area (Å²) in [5.41, 5.74) is 1.78. The molecule has 2 aromatic rings. The highest BCUT2D eigenvalue weighted by Gasteiger charge is 2.16. The van der Waals surface area contributed by atoms with Crippen molar-refractivity contribution in [3.63, 3.8) is 0 Å². The van der Waals surface area contributed by atoms with Crippen LogP contribution in [0.25, 0.3) is 0 Å². The van der Waals surface area contributed by atoms with Gasteiger partial charge in [-0.15, -0.1) is 0 Å². The Kier molecular flexibility index (Phi) is 6.02. The molecular formula is C17H17N3O4S. The highest BCUT2D eigenvalue weighted by atomic mass is 32.1. The average molecular weight is 359 g/mol. The molecule has 1 amide bonds. The smallest absolute Gasteiger partial charge is 0.312 e. The van der Waals surface area contributed by atoms with Crippen molar-refractivity contribution in [1.29, 1.82) is 0 Å². The monoisotopic (exact) mass is 359 g/mol. The number of rotatable bonds is 5. The lowest BCUT2D eigenvalue weighted by Gasteiger charge is -2.10. The lowest BCUT2D eigenvalue weighted by Crippen LogP contribution is -2.34. The van der Waals surface area contributed by atoms with Crippen LogP contribution in [0.5, 0.6) is 5.75 Å². The van der Waals surface area contributed by atoms with Gasteiger partial charge in [0.2, 0.25) is 0 Å². The molecule has 7 nitrogen and oxygen atoms in total. The minimum atomic E-state index is -0.555. The molecule has 0 radical (unpaired) electrons. The minimum absolute atomic E-state index is 0.0454. The Hall–Kier alpha value is -3.00. The molecule has 0 saturated heterocycles. The van der Waals surface area contributed by atoms with Crippen molar-refractivity contribution in [2.45, 2.75) is 13.3 Å². The molecule has 8 heteroatoms. The van der Waals surface area contributed by atoms with Crippen LogP contribution in [-0.2, 0) is 6.42 Å². The van der Waals surface area contributed by atoms with Crippen LogP contribution >= 0.6 is 12.2 Å². The van der Waals surface area contributed by atoms with E-state index >= 15 is 0 Å². The normalized spacial score (nSPS) is 10.0. The number of aryl methyl sites for hydroxylation is 1. The summed E-state index contributed by atoms with van der Waals surface area (Å²) in [7, 11) is 1.35. The average Bonchev–Trinajstić information content (AvgIpc) is 2.61. The fourth-order valence-electron chi connectivity index (χ4n) is 2.14. The fraction of sp³-hybridized carbons (Fsp3) is 0.176. The third-order valence-electron chi connectivity index (χ3n) is 3.48. The molecule has 130 valence electrons. The van der Waals surface area contributed by atoms with E-state index in [9.17, 15) is 14.9 Å². The Morgan fingerprint density at radius 1 is 1.24 bits per heavy atom. The van der Waals surface area contributed by atoms with E-state index in [-0.39, 0.29) is 22.5 Å². The van der Waals surface area contributed by atoms with Gasteiger partial charge in [-0.05, 0) is 48.5 Å². The Bertz CT molecular complexity index is 806. The van der Waals surface area contributed by atoms with Gasteiger partial charge in [0, 0.05) is 17.3 Å². The molecule has 0 atom stereocenters. The van der Waals surface area contributed by atoms with Gasteiger partial charge in [-0.3, -0.25) is 20.2 Å². The number of nitrogens with one attached hydrogen (secondary N) is 2. The summed E-state index contributed by atoms with van der Waals surface area (Å²) in [6, 6.07) is 11.5. The third kappa shape index (κ3) is 4.74. The molecule has 25 heavy (non-hydrogen) atoms. The van der Waals surface area contributed by atoms with Gasteiger partial charge in [0.25, 0.3) is 5.91 Å². The molecule has 2 N–H and O–H groups in total. The van der Waals surface area contributed by atoms with E-state index in [0.717, 1.165) is 12.0 Å². The second kappa shape index (κ2) is 8.20. The number of thiocarbonyl (C=S) groups is 1. The Morgan fingerprint density at radius 2 is 1.92 bits per heavy atom. The summed E-state index contributed by atoms with van der Waals surface area (Å²) >= 11 is 5.09. The highest BCUT2D eigenvalue weighted by Crippen LogP contribution is 2.29. The Balaban J connectivity index is 2.05. The second-order valence-corrected chi connectivity index (χ2v) is 5.51. The van der Waals surface area contributed by atoms with Crippen molar-refractivity contribution in [3.8, 4) is 5.75 Å². The van der Waals surface area contributed by atoms with Gasteiger partial charge in [-0.25, -0.2) is 0 Å². The molecule has 0 fully saturated rings. The minimum Gasteiger partial charge on any atom is -0.490 e. The quantitative estimate of drug-likeness (QED) is 0.483. The maximum atomic E-state index is 12.2. The van der Waals surface area contributed by atoms with Crippen molar-refractivity contribution >= 4 is 34.6 Å². The molecule has 0 saturated carbocycles. The van der Waals surface area contributed by atoms with Gasteiger partial charge in [0.05, 0.1) is 12.0 Å². The van der Waals surface area contributed by atoms with Crippen LogP contribution < -0.4 is 15.4 Å². The van der Waals surface area contributed by atoms with Gasteiger partial charge in [0.1, 0.15) is 0 Å². The molecule has 0 aliphatic rings. The van der Waals surface area contributed by atoms with Crippen molar-refractivity contribution < 1.29 is 14.5 Å². The number of carbonyl (C=O) groups is 1. The van der Waals surface area contributed by atoms with E-state index < -0.39 is 4.92 Å². The van der Waals surface area contributed by atoms with Gasteiger partial charge in [0.15, 0.2) is 10.9 Å². The maximum Gasteiger partial charge on any atom is 0.312 e. The number of hydrogen-bond acceptors (Lipinski definition) is 5. The zero-order chi connectivity index (χ0) is 18.4. The summed E-state index contributed by atoms with van der Waals surface area (Å²) < 4.78 is 4.94. The van der Waals surface area contributed by atoms with Gasteiger partial charge >= 0.3 is 5.69 Å². The molecule has 0 bridgehead atoms. The number of nitrogens with zero attached hydrogens (tertiary/aromatic N) is 1. The van der Waals surface area contributed by atoms with E-state index in [1.54, 1.807) is 18.2 Å². The number of amides is 1. The summed E-state index contributed by atoms with van der Waals surface area (Å²) in [6.07, 6.45) is 0.887. The maximum absolute atomic E-state index is 12.2. The van der Waals surface area contributed by atoms with E-state index in [4.69, 9.17) is 17.0 Å². The first kappa shape index (κ1) is 18.3. The summed E-state index contributed by atoms with van der Waals surface area (Å²) in [5, 5.41) is 16.4. The molecule has 0 spiro atoms. The van der Waals surface area contributed by atoms with Crippen LogP contribution in [0.2, 0.25) is 0 Å². The van der Waals surface area contributed by atoms with Crippen LogP contribution in [0.1, 0.15) is 22.8 Å². The number of ether oxygens (including phenoxy) is 1. The molecule has 0 aliphatic heterocycles. The summed E-state index contributed by atoms with van der Waals surface area (Å²) in [5.74, 6) is -0.218. The third-order valence-corrected chi connectivity index (χ3v) is 3.69. The molecule has 0 unspecified atom stereocenters. The lowest BCUT2D eigenvalue weighted by atomic mass is 10.1. The summed E-state index contributed by atoms with van der Waals surface area (Å²) in [6.45, 7) is 2.03. The number of hydrogen-bond donors (Lipinski definition) is 2. The molecule has 2 aromatic carbocycles. The number of nitro benzene ring substituents is 1. The van der Waals surface area contributed by atoms with E-state index in [2.05, 4.69) is 10.6 Å². The topological polar surface area (TPSA) is 93.5 Å². The summed E-state index contributed by atoms with van der Waals surface area (Å²) in [4.78, 5) is 22.6. The first-order chi connectivity index (χ1) is 11.9. The van der Waals surface area contributed by atoms with Crippen LogP contribution in [0.4, 0.5) is 11.4 Å². The standard InChI is InChI=1S/C17H17N3O4S/c1-3-11-4-6-12(7-5-11)16(21)19-17(25)18-13-8-9-15(24-2)14(10-13)20(22)23/h4-10H,3H2,1-2H3,(H2,18,19,21,25). The molecule has 0 aliphatic carbocycles. The van der Waals surface area contributed by atoms with Crippen molar-refractivity contribution in [2.24, 2.45) is 0 Å². The van der Waals surface area contributed by atoms with Crippen LogP contribution in [0.15, 0.2) is 42.5 Å². The number of methoxy groups -OCH3 is 1. The molecule has 0 aromatic heterocycles. The Labute approximate surface area is 150 Å². The van der Waals surface area contributed by atoms with E-state index in [0.29, 0.717) is 11.3 Å². The zero-order valence-electron chi connectivity index (χ0n) is 13.7. The second-order valence-electron chi connectivity index (χ2n) is 5.10. The first-order valence-corrected chi connectivity index (χ1v) is 7.89. The fourth-order valence-corrected chi connectivity index (χ4v) is 2.35. The van der Waals surface area contributed by atoms with Crippen LogP contribution in [0.3, 0.4) is 0 Å². The number of benzene rings is 2. The molecular weight excluding hydrogens is 342 g/mol. The first-order valence-electron chi connectivity index (χ1n) is 7.48. The van der Waals surface area contributed by atoms with Gasteiger partial charge < -0.3 is 10.1 Å². The van der Waals surface area contributed by atoms with Crippen molar-refractivity contribution in [3.05, 3.63) is 63.7 Å². The number of carbonyl (C=O) groups excluding carboxylic acids is 1. The largest absolute Gasteiger partial charge is 0.490 e. The van der Waals surface area contributed by atoms with E-state index in [1.165, 1.54) is 19.2 Å². The Morgan fingerprint density at radius 3 is 2.48 bits per heavy atom. The van der Waals surface area contributed by atoms with Crippen molar-refractivity contribution in [1.82, 2.24) is 5.32 Å². The lowest BCUT2D eigenvalue weighted by molar-refractivity contribution is -0.385. The SMILES string of the molecule is CCc1ccc(C(=O)NC(=S)Nc2ccc(OC)c([N+](=O)[O-])c2)cc1. The molecule has 0 heterocycles. The predicted molar refractivity (Wildman–Crippen MR) is 99.2 cm³/mol. The highest BCUT2D eigenvalue weighted by molar-refractivity contribution is 7.80. The van der Waals surface area contributed by atoms with Crippen molar-refractivity contribution in [2.75, 3.05) is 12.4 Å².